The molecule has 4 aromatic rings. The molecule has 0 radical (unpaired) electrons. The number of aryl methyl sites for hydroxylation is 1. The van der Waals surface area contributed by atoms with Gasteiger partial charge in [0.25, 0.3) is 15.9 Å². The fourth-order valence-electron chi connectivity index (χ4n) is 3.16. The molecule has 0 spiro atoms. The van der Waals surface area contributed by atoms with Crippen molar-refractivity contribution in [3.8, 4) is 0 Å². The molecule has 6 nitrogen and oxygen atoms in total. The molecule has 0 saturated heterocycles. The molecule has 0 bridgehead atoms. The van der Waals surface area contributed by atoms with Crippen LogP contribution >= 0.6 is 11.6 Å². The summed E-state index contributed by atoms with van der Waals surface area (Å²) >= 11 is 6.25. The highest BCUT2D eigenvalue weighted by molar-refractivity contribution is 7.89. The molecule has 152 valence electrons. The largest absolute Gasteiger partial charge is 0.305 e. The van der Waals surface area contributed by atoms with E-state index in [9.17, 15) is 13.2 Å². The van der Waals surface area contributed by atoms with Gasteiger partial charge < -0.3 is 4.40 Å². The van der Waals surface area contributed by atoms with Crippen molar-refractivity contribution in [1.29, 1.82) is 0 Å². The number of benzene rings is 2. The lowest BCUT2D eigenvalue weighted by Gasteiger charge is -2.22. The van der Waals surface area contributed by atoms with Crippen LogP contribution in [0.2, 0.25) is 5.02 Å². The molecule has 0 saturated carbocycles. The molecular formula is C22H18ClN3O3S. The van der Waals surface area contributed by atoms with Gasteiger partial charge in [-0.15, -0.1) is 0 Å². The van der Waals surface area contributed by atoms with Gasteiger partial charge in [0.15, 0.2) is 5.65 Å². The Hall–Kier alpha value is -3.16. The normalized spacial score (nSPS) is 11.5. The molecule has 2 heterocycles. The number of nitrogens with zero attached hydrogens (tertiary/aromatic N) is 3. The molecule has 0 aliphatic heterocycles. The average Bonchev–Trinajstić information content (AvgIpc) is 3.17. The summed E-state index contributed by atoms with van der Waals surface area (Å²) < 4.78 is 29.1. The van der Waals surface area contributed by atoms with Gasteiger partial charge in [0, 0.05) is 12.4 Å². The molecular weight excluding hydrogens is 422 g/mol. The highest BCUT2D eigenvalue weighted by atomic mass is 35.5. The Balaban J connectivity index is 1.81. The summed E-state index contributed by atoms with van der Waals surface area (Å²) in [4.78, 5) is 17.7. The number of rotatable bonds is 5. The van der Waals surface area contributed by atoms with Gasteiger partial charge in [-0.2, -0.15) is 0 Å². The predicted molar refractivity (Wildman–Crippen MR) is 115 cm³/mol. The molecule has 0 aliphatic rings. The van der Waals surface area contributed by atoms with Crippen LogP contribution in [0.3, 0.4) is 0 Å². The molecule has 2 aromatic carbocycles. The first-order chi connectivity index (χ1) is 14.4. The van der Waals surface area contributed by atoms with Crippen LogP contribution in [0.1, 0.15) is 21.6 Å². The lowest BCUT2D eigenvalue weighted by molar-refractivity contribution is 0.0850. The van der Waals surface area contributed by atoms with E-state index in [0.29, 0.717) is 16.2 Å². The zero-order valence-corrected chi connectivity index (χ0v) is 17.6. The fourth-order valence-corrected chi connectivity index (χ4v) is 4.85. The van der Waals surface area contributed by atoms with Crippen LogP contribution in [0.25, 0.3) is 5.65 Å². The van der Waals surface area contributed by atoms with E-state index in [2.05, 4.69) is 4.98 Å². The monoisotopic (exact) mass is 439 g/mol. The first-order valence-corrected chi connectivity index (χ1v) is 11.0. The molecule has 0 unspecified atom stereocenters. The van der Waals surface area contributed by atoms with Gasteiger partial charge >= 0.3 is 0 Å². The van der Waals surface area contributed by atoms with Crippen LogP contribution in [-0.2, 0) is 16.6 Å². The van der Waals surface area contributed by atoms with Crippen LogP contribution in [-0.4, -0.2) is 28.0 Å². The van der Waals surface area contributed by atoms with Gasteiger partial charge in [0.2, 0.25) is 0 Å². The SMILES string of the molecule is Cc1cc(Cl)c2nc(C(=O)N(Cc3ccccc3)S(=O)(=O)c3ccccc3)cn2c1. The van der Waals surface area contributed by atoms with E-state index in [1.165, 1.54) is 18.3 Å². The van der Waals surface area contributed by atoms with Gasteiger partial charge in [-0.3, -0.25) is 4.79 Å². The van der Waals surface area contributed by atoms with Gasteiger partial charge in [0.05, 0.1) is 16.5 Å². The molecule has 0 atom stereocenters. The van der Waals surface area contributed by atoms with Gasteiger partial charge in [-0.25, -0.2) is 17.7 Å². The van der Waals surface area contributed by atoms with Crippen LogP contribution in [0.15, 0.2) is 84.0 Å². The second kappa shape index (κ2) is 7.93. The standard InChI is InChI=1S/C22H18ClN3O3S/c1-16-12-19(23)21-24-20(15-25(21)13-16)22(27)26(14-17-8-4-2-5-9-17)30(28,29)18-10-6-3-7-11-18/h2-13,15H,14H2,1H3. The molecule has 4 rings (SSSR count). The van der Waals surface area contributed by atoms with Crippen molar-refractivity contribution in [3.63, 3.8) is 0 Å². The second-order valence-corrected chi connectivity index (χ2v) is 9.11. The Bertz CT molecular complexity index is 1320. The Morgan fingerprint density at radius 1 is 1.03 bits per heavy atom. The summed E-state index contributed by atoms with van der Waals surface area (Å²) in [7, 11) is -4.10. The van der Waals surface area contributed by atoms with Crippen molar-refractivity contribution in [2.75, 3.05) is 0 Å². The molecule has 2 aromatic heterocycles. The van der Waals surface area contributed by atoms with Crippen LogP contribution < -0.4 is 0 Å². The molecule has 30 heavy (non-hydrogen) atoms. The Labute approximate surface area is 179 Å². The summed E-state index contributed by atoms with van der Waals surface area (Å²) in [6.07, 6.45) is 3.27. The smallest absolute Gasteiger partial charge is 0.288 e. The second-order valence-electron chi connectivity index (χ2n) is 6.84. The van der Waals surface area contributed by atoms with E-state index in [0.717, 1.165) is 9.87 Å². The van der Waals surface area contributed by atoms with Crippen molar-refractivity contribution >= 4 is 33.2 Å². The molecule has 1 amide bonds. The van der Waals surface area contributed by atoms with Crippen LogP contribution in [0.5, 0.6) is 0 Å². The third kappa shape index (κ3) is 3.81. The number of hydrogen-bond donors (Lipinski definition) is 0. The number of fused-ring (bicyclic) bond motifs is 1. The van der Waals surface area contributed by atoms with E-state index in [-0.39, 0.29) is 17.1 Å². The van der Waals surface area contributed by atoms with E-state index in [1.54, 1.807) is 59.1 Å². The third-order valence-corrected chi connectivity index (χ3v) is 6.61. The zero-order valence-electron chi connectivity index (χ0n) is 16.1. The van der Waals surface area contributed by atoms with Gasteiger partial charge in [0.1, 0.15) is 5.69 Å². The molecule has 0 N–H and O–H groups in total. The first kappa shape index (κ1) is 20.1. The van der Waals surface area contributed by atoms with Crippen molar-refractivity contribution < 1.29 is 13.2 Å². The summed E-state index contributed by atoms with van der Waals surface area (Å²) in [6.45, 7) is 1.76. The lowest BCUT2D eigenvalue weighted by atomic mass is 10.2. The topological polar surface area (TPSA) is 71.8 Å². The van der Waals surface area contributed by atoms with E-state index >= 15 is 0 Å². The van der Waals surface area contributed by atoms with Crippen molar-refractivity contribution in [2.45, 2.75) is 18.4 Å². The number of imidazole rings is 1. The minimum Gasteiger partial charge on any atom is -0.305 e. The number of halogens is 1. The van der Waals surface area contributed by atoms with E-state index in [1.807, 2.05) is 13.0 Å². The highest BCUT2D eigenvalue weighted by Crippen LogP contribution is 2.23. The summed E-state index contributed by atoms with van der Waals surface area (Å²) in [6, 6.07) is 18.6. The third-order valence-electron chi connectivity index (χ3n) is 4.59. The number of sulfonamides is 1. The maximum Gasteiger partial charge on any atom is 0.288 e. The van der Waals surface area contributed by atoms with Crippen LogP contribution in [0, 0.1) is 6.92 Å². The van der Waals surface area contributed by atoms with E-state index in [4.69, 9.17) is 11.6 Å². The van der Waals surface area contributed by atoms with Crippen molar-refractivity contribution in [3.05, 3.63) is 101 Å². The maximum atomic E-state index is 13.4. The Morgan fingerprint density at radius 2 is 1.67 bits per heavy atom. The average molecular weight is 440 g/mol. The van der Waals surface area contributed by atoms with Gasteiger partial charge in [-0.05, 0) is 36.2 Å². The number of carbonyl (C=O) groups is 1. The quantitative estimate of drug-likeness (QED) is 0.464. The first-order valence-electron chi connectivity index (χ1n) is 9.17. The van der Waals surface area contributed by atoms with E-state index < -0.39 is 15.9 Å². The lowest BCUT2D eigenvalue weighted by Crippen LogP contribution is -2.36. The minimum absolute atomic E-state index is 0.00191. The van der Waals surface area contributed by atoms with Crippen molar-refractivity contribution in [1.82, 2.24) is 13.7 Å². The number of pyridine rings is 1. The summed E-state index contributed by atoms with van der Waals surface area (Å²) in [5.74, 6) is -0.722. The highest BCUT2D eigenvalue weighted by Gasteiger charge is 2.32. The zero-order chi connectivity index (χ0) is 21.3. The summed E-state index contributed by atoms with van der Waals surface area (Å²) in [5.41, 5.74) is 1.96. The molecule has 0 fully saturated rings. The minimum atomic E-state index is -4.10. The Morgan fingerprint density at radius 3 is 2.33 bits per heavy atom. The number of aromatic nitrogens is 2. The number of amides is 1. The Kier molecular flexibility index (Phi) is 5.32. The van der Waals surface area contributed by atoms with Crippen molar-refractivity contribution in [2.24, 2.45) is 0 Å². The molecule has 8 heteroatoms. The summed E-state index contributed by atoms with van der Waals surface area (Å²) in [5, 5.41) is 0.384. The van der Waals surface area contributed by atoms with Gasteiger partial charge in [-0.1, -0.05) is 60.1 Å². The fraction of sp³-hybridized carbons (Fsp3) is 0.0909. The maximum absolute atomic E-state index is 13.4. The molecule has 0 aliphatic carbocycles. The predicted octanol–water partition coefficient (Wildman–Crippen LogP) is 4.33. The number of carbonyl (C=O) groups excluding carboxylic acids is 1. The number of hydrogen-bond acceptors (Lipinski definition) is 4. The van der Waals surface area contributed by atoms with Crippen LogP contribution in [0.4, 0.5) is 0 Å².